The molecule has 5 nitrogen and oxygen atoms in total. The van der Waals surface area contributed by atoms with Gasteiger partial charge in [-0.1, -0.05) is 19.1 Å². The summed E-state index contributed by atoms with van der Waals surface area (Å²) in [7, 11) is 1.68. The molecule has 1 aromatic heterocycles. The van der Waals surface area contributed by atoms with E-state index in [1.165, 1.54) is 5.56 Å². The Hall–Kier alpha value is -2.01. The van der Waals surface area contributed by atoms with Gasteiger partial charge in [-0.15, -0.1) is 0 Å². The number of benzene rings is 1. The molecule has 2 aromatic rings. The van der Waals surface area contributed by atoms with Crippen LogP contribution >= 0.6 is 0 Å². The Morgan fingerprint density at radius 2 is 2.23 bits per heavy atom. The number of ether oxygens (including phenoxy) is 1. The predicted octanol–water partition coefficient (Wildman–Crippen LogP) is 1.76. The quantitative estimate of drug-likeness (QED) is 0.915. The fraction of sp³-hybridized carbons (Fsp3) is 0.471. The summed E-state index contributed by atoms with van der Waals surface area (Å²) >= 11 is 0. The van der Waals surface area contributed by atoms with E-state index >= 15 is 0 Å². The maximum atomic E-state index is 12.6. The van der Waals surface area contributed by atoms with Gasteiger partial charge in [0.2, 0.25) is 0 Å². The third-order valence-electron chi connectivity index (χ3n) is 4.20. The summed E-state index contributed by atoms with van der Waals surface area (Å²) < 4.78 is 9.18. The number of rotatable bonds is 5. The predicted molar refractivity (Wildman–Crippen MR) is 86.5 cm³/mol. The fourth-order valence-corrected chi connectivity index (χ4v) is 3.14. The summed E-state index contributed by atoms with van der Waals surface area (Å²) in [4.78, 5) is 12.6. The molecule has 1 aliphatic rings. The summed E-state index contributed by atoms with van der Waals surface area (Å²) in [5.41, 5.74) is 3.57. The molecule has 0 saturated carbocycles. The van der Waals surface area contributed by atoms with E-state index < -0.39 is 0 Å². The normalized spacial score (nSPS) is 13.9. The van der Waals surface area contributed by atoms with Crippen molar-refractivity contribution in [2.75, 3.05) is 13.7 Å². The monoisotopic (exact) mass is 301 g/mol. The Kier molecular flexibility index (Phi) is 4.34. The summed E-state index contributed by atoms with van der Waals surface area (Å²) in [5.74, 6) is 0.855. The van der Waals surface area contributed by atoms with E-state index in [4.69, 9.17) is 4.74 Å². The second-order valence-electron chi connectivity index (χ2n) is 5.68. The van der Waals surface area contributed by atoms with Gasteiger partial charge >= 0.3 is 5.69 Å². The summed E-state index contributed by atoms with van der Waals surface area (Å²) in [6, 6.07) is 8.07. The molecule has 0 spiro atoms. The molecule has 0 saturated heterocycles. The van der Waals surface area contributed by atoms with Crippen molar-refractivity contribution >= 4 is 0 Å². The Labute approximate surface area is 130 Å². The molecule has 0 atom stereocenters. The molecule has 0 fully saturated rings. The minimum absolute atomic E-state index is 0.135. The standard InChI is InChI=1S/C17H23N3O2/c1-3-8-19-15(11-13-5-4-6-14(10-13)22-2)16-12-18-7-9-20(16)17(19)21/h4-6,10,18H,3,7-9,11-12H2,1-2H3. The van der Waals surface area contributed by atoms with E-state index in [9.17, 15) is 4.79 Å². The van der Waals surface area contributed by atoms with Crippen LogP contribution in [0.5, 0.6) is 5.75 Å². The smallest absolute Gasteiger partial charge is 0.328 e. The molecule has 0 radical (unpaired) electrons. The zero-order valence-electron chi connectivity index (χ0n) is 13.3. The van der Waals surface area contributed by atoms with Gasteiger partial charge in [0.15, 0.2) is 0 Å². The lowest BCUT2D eigenvalue weighted by Gasteiger charge is -2.16. The van der Waals surface area contributed by atoms with Gasteiger partial charge in [0.1, 0.15) is 5.75 Å². The average molecular weight is 301 g/mol. The highest BCUT2D eigenvalue weighted by molar-refractivity contribution is 5.33. The molecular weight excluding hydrogens is 278 g/mol. The van der Waals surface area contributed by atoms with Gasteiger partial charge in [-0.2, -0.15) is 0 Å². The molecule has 118 valence electrons. The molecule has 1 aromatic carbocycles. The maximum Gasteiger partial charge on any atom is 0.328 e. The second-order valence-corrected chi connectivity index (χ2v) is 5.68. The lowest BCUT2D eigenvalue weighted by Crippen LogP contribution is -2.34. The Balaban J connectivity index is 2.03. The van der Waals surface area contributed by atoms with Crippen LogP contribution in [0.3, 0.4) is 0 Å². The number of methoxy groups -OCH3 is 1. The number of fused-ring (bicyclic) bond motifs is 1. The highest BCUT2D eigenvalue weighted by Crippen LogP contribution is 2.19. The molecule has 1 aliphatic heterocycles. The molecule has 22 heavy (non-hydrogen) atoms. The van der Waals surface area contributed by atoms with Crippen molar-refractivity contribution in [2.45, 2.75) is 39.4 Å². The van der Waals surface area contributed by atoms with Crippen molar-refractivity contribution in [3.8, 4) is 5.75 Å². The molecule has 0 unspecified atom stereocenters. The number of nitrogens with one attached hydrogen (secondary N) is 1. The van der Waals surface area contributed by atoms with E-state index in [-0.39, 0.29) is 5.69 Å². The zero-order valence-corrected chi connectivity index (χ0v) is 13.3. The van der Waals surface area contributed by atoms with Crippen molar-refractivity contribution in [3.63, 3.8) is 0 Å². The summed E-state index contributed by atoms with van der Waals surface area (Å²) in [6.45, 7) is 5.28. The average Bonchev–Trinajstić information content (AvgIpc) is 2.82. The van der Waals surface area contributed by atoms with Crippen molar-refractivity contribution in [1.29, 1.82) is 0 Å². The Morgan fingerprint density at radius 1 is 1.36 bits per heavy atom. The molecule has 2 heterocycles. The van der Waals surface area contributed by atoms with Crippen LogP contribution in [0.25, 0.3) is 0 Å². The minimum atomic E-state index is 0.135. The van der Waals surface area contributed by atoms with Gasteiger partial charge in [0.05, 0.1) is 12.8 Å². The van der Waals surface area contributed by atoms with Crippen LogP contribution in [-0.2, 0) is 26.1 Å². The van der Waals surface area contributed by atoms with E-state index in [2.05, 4.69) is 18.3 Å². The molecule has 1 N–H and O–H groups in total. The molecule has 0 amide bonds. The van der Waals surface area contributed by atoms with E-state index in [1.54, 1.807) is 7.11 Å². The summed E-state index contributed by atoms with van der Waals surface area (Å²) in [6.07, 6.45) is 1.72. The van der Waals surface area contributed by atoms with Gasteiger partial charge < -0.3 is 10.1 Å². The first-order valence-corrected chi connectivity index (χ1v) is 7.89. The molecule has 3 rings (SSSR count). The molecule has 5 heteroatoms. The van der Waals surface area contributed by atoms with Crippen LogP contribution in [0.4, 0.5) is 0 Å². The Morgan fingerprint density at radius 3 is 3.00 bits per heavy atom. The van der Waals surface area contributed by atoms with Gasteiger partial charge in [0.25, 0.3) is 0 Å². The van der Waals surface area contributed by atoms with Gasteiger partial charge in [0, 0.05) is 38.3 Å². The highest BCUT2D eigenvalue weighted by Gasteiger charge is 2.21. The SMILES string of the molecule is CCCn1c(Cc2cccc(OC)c2)c2n(c1=O)CCNC2. The van der Waals surface area contributed by atoms with Crippen molar-refractivity contribution < 1.29 is 4.74 Å². The minimum Gasteiger partial charge on any atom is -0.497 e. The van der Waals surface area contributed by atoms with Gasteiger partial charge in [-0.3, -0.25) is 9.13 Å². The van der Waals surface area contributed by atoms with Crippen LogP contribution in [0.1, 0.15) is 30.3 Å². The first kappa shape index (κ1) is 14.9. The third-order valence-corrected chi connectivity index (χ3v) is 4.20. The van der Waals surface area contributed by atoms with Crippen LogP contribution in [0.2, 0.25) is 0 Å². The lowest BCUT2D eigenvalue weighted by molar-refractivity contribution is 0.414. The van der Waals surface area contributed by atoms with Crippen LogP contribution in [0, 0.1) is 0 Å². The topological polar surface area (TPSA) is 48.2 Å². The summed E-state index contributed by atoms with van der Waals surface area (Å²) in [5, 5.41) is 3.37. The maximum absolute atomic E-state index is 12.6. The zero-order chi connectivity index (χ0) is 15.5. The third kappa shape index (κ3) is 2.68. The lowest BCUT2D eigenvalue weighted by atomic mass is 10.1. The first-order valence-electron chi connectivity index (χ1n) is 7.89. The van der Waals surface area contributed by atoms with Crippen molar-refractivity contribution in [1.82, 2.24) is 14.5 Å². The Bertz CT molecular complexity index is 715. The van der Waals surface area contributed by atoms with E-state index in [0.717, 1.165) is 56.2 Å². The van der Waals surface area contributed by atoms with Crippen LogP contribution < -0.4 is 15.7 Å². The van der Waals surface area contributed by atoms with E-state index in [0.29, 0.717) is 0 Å². The van der Waals surface area contributed by atoms with E-state index in [1.807, 2.05) is 27.3 Å². The second kappa shape index (κ2) is 6.40. The van der Waals surface area contributed by atoms with Crippen LogP contribution in [0.15, 0.2) is 29.1 Å². The molecule has 0 aliphatic carbocycles. The molecular formula is C17H23N3O2. The van der Waals surface area contributed by atoms with Gasteiger partial charge in [-0.05, 0) is 24.1 Å². The number of nitrogens with zero attached hydrogens (tertiary/aromatic N) is 2. The number of aromatic nitrogens is 2. The largest absolute Gasteiger partial charge is 0.497 e. The van der Waals surface area contributed by atoms with Crippen LogP contribution in [-0.4, -0.2) is 22.8 Å². The number of hydrogen-bond acceptors (Lipinski definition) is 3. The van der Waals surface area contributed by atoms with Crippen molar-refractivity contribution in [2.24, 2.45) is 0 Å². The first-order chi connectivity index (χ1) is 10.7. The van der Waals surface area contributed by atoms with Crippen molar-refractivity contribution in [3.05, 3.63) is 51.7 Å². The highest BCUT2D eigenvalue weighted by atomic mass is 16.5. The van der Waals surface area contributed by atoms with Gasteiger partial charge in [-0.25, -0.2) is 4.79 Å². The number of imidazole rings is 1. The number of hydrogen-bond donors (Lipinski definition) is 1. The fourth-order valence-electron chi connectivity index (χ4n) is 3.14. The molecule has 0 bridgehead atoms.